The molecule has 0 atom stereocenters. The molecule has 1 N–H and O–H groups in total. The quantitative estimate of drug-likeness (QED) is 0.821. The molecule has 1 heterocycles. The molecule has 6 nitrogen and oxygen atoms in total. The van der Waals surface area contributed by atoms with E-state index in [1.54, 1.807) is 31.5 Å². The lowest BCUT2D eigenvalue weighted by Crippen LogP contribution is -2.24. The predicted molar refractivity (Wildman–Crippen MR) is 89.4 cm³/mol. The summed E-state index contributed by atoms with van der Waals surface area (Å²) >= 11 is 0. The maximum atomic E-state index is 12.0. The maximum Gasteiger partial charge on any atom is 0.257 e. The Balaban J connectivity index is 1.81. The molecule has 24 heavy (non-hydrogen) atoms. The summed E-state index contributed by atoms with van der Waals surface area (Å²) < 4.78 is 15.7. The lowest BCUT2D eigenvalue weighted by atomic mass is 10.2. The van der Waals surface area contributed by atoms with E-state index in [4.69, 9.17) is 14.2 Å². The Morgan fingerprint density at radius 3 is 2.62 bits per heavy atom. The molecular weight excluding hydrogens is 308 g/mol. The van der Waals surface area contributed by atoms with Crippen molar-refractivity contribution in [1.82, 2.24) is 10.3 Å². The fourth-order valence-electron chi connectivity index (χ4n) is 1.91. The minimum absolute atomic E-state index is 0.201. The highest BCUT2D eigenvalue weighted by molar-refractivity contribution is 5.96. The van der Waals surface area contributed by atoms with Crippen molar-refractivity contribution in [1.29, 1.82) is 0 Å². The number of rotatable bonds is 6. The number of hydrogen-bond donors (Lipinski definition) is 1. The van der Waals surface area contributed by atoms with Crippen molar-refractivity contribution >= 4 is 5.91 Å². The molecule has 0 aliphatic rings. The van der Waals surface area contributed by atoms with E-state index in [2.05, 4.69) is 22.1 Å². The van der Waals surface area contributed by atoms with Crippen molar-refractivity contribution in [3.63, 3.8) is 0 Å². The second-order valence-corrected chi connectivity index (χ2v) is 4.54. The largest absolute Gasteiger partial charge is 0.493 e. The van der Waals surface area contributed by atoms with Gasteiger partial charge >= 0.3 is 0 Å². The molecule has 124 valence electrons. The first-order valence-corrected chi connectivity index (χ1v) is 7.25. The zero-order valence-corrected chi connectivity index (χ0v) is 13.5. The van der Waals surface area contributed by atoms with Crippen molar-refractivity contribution in [2.45, 2.75) is 0 Å². The SMILES string of the molecule is COc1ccccc1OCC#CCNC(=O)c1cccnc1OC. The Hall–Kier alpha value is -3.20. The molecule has 0 unspecified atom stereocenters. The van der Waals surface area contributed by atoms with Gasteiger partial charge in [0.05, 0.1) is 20.8 Å². The van der Waals surface area contributed by atoms with Gasteiger partial charge < -0.3 is 19.5 Å². The van der Waals surface area contributed by atoms with Gasteiger partial charge in [-0.1, -0.05) is 24.0 Å². The molecule has 0 fully saturated rings. The van der Waals surface area contributed by atoms with E-state index in [0.717, 1.165) is 0 Å². The number of ether oxygens (including phenoxy) is 3. The molecule has 1 aromatic carbocycles. The molecule has 2 rings (SSSR count). The van der Waals surface area contributed by atoms with Crippen LogP contribution in [0.4, 0.5) is 0 Å². The van der Waals surface area contributed by atoms with E-state index < -0.39 is 0 Å². The number of carbonyl (C=O) groups is 1. The van der Waals surface area contributed by atoms with Gasteiger partial charge in [-0.25, -0.2) is 4.98 Å². The lowest BCUT2D eigenvalue weighted by molar-refractivity contribution is 0.0955. The first-order chi connectivity index (χ1) is 11.8. The molecule has 0 saturated heterocycles. The molecule has 1 aromatic heterocycles. The Labute approximate surface area is 140 Å². The summed E-state index contributed by atoms with van der Waals surface area (Å²) in [4.78, 5) is 16.0. The van der Waals surface area contributed by atoms with Crippen molar-refractivity contribution in [2.75, 3.05) is 27.4 Å². The van der Waals surface area contributed by atoms with E-state index in [-0.39, 0.29) is 24.9 Å². The van der Waals surface area contributed by atoms with Crippen LogP contribution in [0.5, 0.6) is 17.4 Å². The van der Waals surface area contributed by atoms with Crippen molar-refractivity contribution in [3.8, 4) is 29.2 Å². The number of carbonyl (C=O) groups excluding carboxylic acids is 1. The highest BCUT2D eigenvalue weighted by Gasteiger charge is 2.11. The van der Waals surface area contributed by atoms with E-state index in [9.17, 15) is 4.79 Å². The number of pyridine rings is 1. The van der Waals surface area contributed by atoms with Gasteiger partial charge in [-0.2, -0.15) is 0 Å². The van der Waals surface area contributed by atoms with Crippen LogP contribution in [0.3, 0.4) is 0 Å². The maximum absolute atomic E-state index is 12.0. The first kappa shape index (κ1) is 17.2. The van der Waals surface area contributed by atoms with Gasteiger partial charge in [0, 0.05) is 6.20 Å². The summed E-state index contributed by atoms with van der Waals surface area (Å²) in [6, 6.07) is 10.6. The van der Waals surface area contributed by atoms with Crippen LogP contribution in [0.2, 0.25) is 0 Å². The molecular formula is C18H18N2O4. The standard InChI is InChI=1S/C18H18N2O4/c1-22-15-9-3-4-10-16(15)24-13-6-5-11-19-17(21)14-8-7-12-20-18(14)23-2/h3-4,7-10,12H,11,13H2,1-2H3,(H,19,21). The summed E-state index contributed by atoms with van der Waals surface area (Å²) in [5, 5.41) is 2.68. The minimum atomic E-state index is -0.292. The summed E-state index contributed by atoms with van der Waals surface area (Å²) in [5.41, 5.74) is 0.368. The third kappa shape index (κ3) is 4.65. The summed E-state index contributed by atoms with van der Waals surface area (Å²) in [7, 11) is 3.05. The van der Waals surface area contributed by atoms with Crippen LogP contribution in [-0.2, 0) is 0 Å². The Morgan fingerprint density at radius 1 is 1.08 bits per heavy atom. The molecule has 0 saturated carbocycles. The average Bonchev–Trinajstić information content (AvgIpc) is 2.64. The number of benzene rings is 1. The fraction of sp³-hybridized carbons (Fsp3) is 0.222. The number of nitrogens with zero attached hydrogens (tertiary/aromatic N) is 1. The van der Waals surface area contributed by atoms with Gasteiger partial charge in [0.2, 0.25) is 5.88 Å². The van der Waals surface area contributed by atoms with Crippen LogP contribution in [0.15, 0.2) is 42.6 Å². The monoisotopic (exact) mass is 326 g/mol. The van der Waals surface area contributed by atoms with Gasteiger partial charge in [-0.05, 0) is 24.3 Å². The molecule has 0 radical (unpaired) electrons. The Kier molecular flexibility index (Phi) is 6.47. The van der Waals surface area contributed by atoms with Crippen molar-refractivity contribution in [3.05, 3.63) is 48.2 Å². The van der Waals surface area contributed by atoms with Crippen LogP contribution in [-0.4, -0.2) is 38.3 Å². The topological polar surface area (TPSA) is 69.7 Å². The normalized spacial score (nSPS) is 9.42. The molecule has 6 heteroatoms. The summed E-state index contributed by atoms with van der Waals surface area (Å²) in [6.07, 6.45) is 1.56. The van der Waals surface area contributed by atoms with Crippen LogP contribution < -0.4 is 19.5 Å². The third-order valence-corrected chi connectivity index (χ3v) is 3.04. The minimum Gasteiger partial charge on any atom is -0.493 e. The van der Waals surface area contributed by atoms with Gasteiger partial charge in [0.1, 0.15) is 12.2 Å². The number of nitrogens with one attached hydrogen (secondary N) is 1. The van der Waals surface area contributed by atoms with Gasteiger partial charge in [-0.3, -0.25) is 4.79 Å². The molecule has 2 aromatic rings. The van der Waals surface area contributed by atoms with Crippen LogP contribution in [0.25, 0.3) is 0 Å². The van der Waals surface area contributed by atoms with Gasteiger partial charge in [0.25, 0.3) is 5.91 Å². The molecule has 0 bridgehead atoms. The van der Waals surface area contributed by atoms with Crippen LogP contribution >= 0.6 is 0 Å². The molecule has 0 aliphatic heterocycles. The molecule has 0 aliphatic carbocycles. The Bertz CT molecular complexity index is 750. The smallest absolute Gasteiger partial charge is 0.257 e. The van der Waals surface area contributed by atoms with Crippen molar-refractivity contribution < 1.29 is 19.0 Å². The fourth-order valence-corrected chi connectivity index (χ4v) is 1.91. The van der Waals surface area contributed by atoms with E-state index in [0.29, 0.717) is 17.1 Å². The second-order valence-electron chi connectivity index (χ2n) is 4.54. The van der Waals surface area contributed by atoms with E-state index >= 15 is 0 Å². The van der Waals surface area contributed by atoms with Crippen LogP contribution in [0.1, 0.15) is 10.4 Å². The zero-order valence-electron chi connectivity index (χ0n) is 13.5. The summed E-state index contributed by atoms with van der Waals surface area (Å²) in [6.45, 7) is 0.401. The number of para-hydroxylation sites is 2. The molecule has 0 spiro atoms. The van der Waals surface area contributed by atoms with E-state index in [1.807, 2.05) is 18.2 Å². The Morgan fingerprint density at radius 2 is 1.88 bits per heavy atom. The number of amides is 1. The summed E-state index contributed by atoms with van der Waals surface area (Å²) in [5.74, 6) is 6.91. The first-order valence-electron chi connectivity index (χ1n) is 7.25. The highest BCUT2D eigenvalue weighted by atomic mass is 16.5. The number of aromatic nitrogens is 1. The number of methoxy groups -OCH3 is 2. The highest BCUT2D eigenvalue weighted by Crippen LogP contribution is 2.25. The van der Waals surface area contributed by atoms with E-state index in [1.165, 1.54) is 7.11 Å². The zero-order chi connectivity index (χ0) is 17.2. The lowest BCUT2D eigenvalue weighted by Gasteiger charge is -2.07. The molecule has 1 amide bonds. The third-order valence-electron chi connectivity index (χ3n) is 3.04. The van der Waals surface area contributed by atoms with Gasteiger partial charge in [0.15, 0.2) is 11.5 Å². The second kappa shape index (κ2) is 9.06. The predicted octanol–water partition coefficient (Wildman–Crippen LogP) is 1.91. The number of hydrogen-bond acceptors (Lipinski definition) is 5. The van der Waals surface area contributed by atoms with Gasteiger partial charge in [-0.15, -0.1) is 0 Å². The van der Waals surface area contributed by atoms with Crippen molar-refractivity contribution in [2.24, 2.45) is 0 Å². The van der Waals surface area contributed by atoms with Crippen LogP contribution in [0, 0.1) is 11.8 Å². The average molecular weight is 326 g/mol.